The van der Waals surface area contributed by atoms with E-state index in [0.29, 0.717) is 12.6 Å². The Morgan fingerprint density at radius 2 is 2.00 bits per heavy atom. The molecule has 1 saturated carbocycles. The maximum Gasteiger partial charge on any atom is 0.153 e. The molecule has 2 atom stereocenters. The minimum atomic E-state index is -3.11. The van der Waals surface area contributed by atoms with E-state index in [4.69, 9.17) is 0 Å². The van der Waals surface area contributed by atoms with Gasteiger partial charge in [0.25, 0.3) is 0 Å². The van der Waals surface area contributed by atoms with E-state index in [1.165, 1.54) is 0 Å². The smallest absolute Gasteiger partial charge is 0.153 e. The van der Waals surface area contributed by atoms with Crippen molar-refractivity contribution in [2.24, 2.45) is 5.92 Å². The molecule has 0 aromatic heterocycles. The molecule has 1 fully saturated rings. The minimum Gasteiger partial charge on any atom is -0.391 e. The average molecular weight is 249 g/mol. The van der Waals surface area contributed by atoms with E-state index in [-0.39, 0.29) is 17.4 Å². The maximum atomic E-state index is 11.7. The molecule has 0 spiro atoms. The lowest BCUT2D eigenvalue weighted by molar-refractivity contribution is 0.193. The number of nitrogens with one attached hydrogen (secondary N) is 1. The summed E-state index contributed by atoms with van der Waals surface area (Å²) in [6.45, 7) is 4.29. The first kappa shape index (κ1) is 13.9. The molecule has 0 aromatic carbocycles. The van der Waals surface area contributed by atoms with Gasteiger partial charge in [0.2, 0.25) is 0 Å². The van der Waals surface area contributed by atoms with Crippen LogP contribution < -0.4 is 5.32 Å². The molecule has 1 aliphatic rings. The van der Waals surface area contributed by atoms with Gasteiger partial charge in [-0.1, -0.05) is 20.3 Å². The zero-order valence-corrected chi connectivity index (χ0v) is 11.0. The van der Waals surface area contributed by atoms with Gasteiger partial charge in [-0.25, -0.2) is 8.42 Å². The largest absolute Gasteiger partial charge is 0.391 e. The number of hydrogen-bond acceptors (Lipinski definition) is 4. The fourth-order valence-electron chi connectivity index (χ4n) is 1.56. The van der Waals surface area contributed by atoms with Crippen LogP contribution in [-0.2, 0) is 9.84 Å². The van der Waals surface area contributed by atoms with Crippen molar-refractivity contribution in [1.82, 2.24) is 5.32 Å². The lowest BCUT2D eigenvalue weighted by Gasteiger charge is -2.14. The lowest BCUT2D eigenvalue weighted by atomic mass is 10.2. The van der Waals surface area contributed by atoms with Crippen molar-refractivity contribution in [3.8, 4) is 0 Å². The van der Waals surface area contributed by atoms with E-state index >= 15 is 0 Å². The third-order valence-corrected chi connectivity index (χ3v) is 4.87. The zero-order valence-electron chi connectivity index (χ0n) is 10.1. The summed E-state index contributed by atoms with van der Waals surface area (Å²) >= 11 is 0. The molecule has 5 heteroatoms. The van der Waals surface area contributed by atoms with Crippen LogP contribution in [0.1, 0.15) is 33.1 Å². The molecule has 96 valence electrons. The van der Waals surface area contributed by atoms with Crippen molar-refractivity contribution < 1.29 is 13.5 Å². The Bertz CT molecular complexity index is 298. The fourth-order valence-corrected chi connectivity index (χ4v) is 3.50. The standard InChI is InChI=1S/C11H23NO3S/c1-3-9(2)7-16(14,15)8-11(13)6-12-10-4-5-10/h9-13H,3-8H2,1-2H3. The predicted octanol–water partition coefficient (Wildman–Crippen LogP) is 0.560. The van der Waals surface area contributed by atoms with Crippen LogP contribution in [0, 0.1) is 5.92 Å². The molecule has 2 unspecified atom stereocenters. The second-order valence-electron chi connectivity index (χ2n) is 4.93. The van der Waals surface area contributed by atoms with E-state index in [0.717, 1.165) is 19.3 Å². The highest BCUT2D eigenvalue weighted by Gasteiger charge is 2.24. The highest BCUT2D eigenvalue weighted by Crippen LogP contribution is 2.18. The molecular weight excluding hydrogens is 226 g/mol. The van der Waals surface area contributed by atoms with Crippen LogP contribution in [-0.4, -0.2) is 43.7 Å². The molecule has 0 aromatic rings. The quantitative estimate of drug-likeness (QED) is 0.659. The normalized spacial score (nSPS) is 20.7. The van der Waals surface area contributed by atoms with Gasteiger partial charge < -0.3 is 10.4 Å². The van der Waals surface area contributed by atoms with Crippen molar-refractivity contribution in [2.45, 2.75) is 45.3 Å². The van der Waals surface area contributed by atoms with E-state index in [1.807, 2.05) is 13.8 Å². The first-order chi connectivity index (χ1) is 7.43. The number of aliphatic hydroxyl groups is 1. The first-order valence-corrected chi connectivity index (χ1v) is 7.87. The summed E-state index contributed by atoms with van der Waals surface area (Å²) in [6, 6.07) is 0.506. The van der Waals surface area contributed by atoms with Gasteiger partial charge in [-0.05, 0) is 18.8 Å². The van der Waals surface area contributed by atoms with Crippen molar-refractivity contribution in [3.63, 3.8) is 0 Å². The molecule has 0 saturated heterocycles. The van der Waals surface area contributed by atoms with Crippen LogP contribution in [0.3, 0.4) is 0 Å². The topological polar surface area (TPSA) is 66.4 Å². The molecule has 0 amide bonds. The summed E-state index contributed by atoms with van der Waals surface area (Å²) in [7, 11) is -3.11. The monoisotopic (exact) mass is 249 g/mol. The predicted molar refractivity (Wildman–Crippen MR) is 65.1 cm³/mol. The van der Waals surface area contributed by atoms with E-state index < -0.39 is 15.9 Å². The molecule has 0 aliphatic heterocycles. The minimum absolute atomic E-state index is 0.114. The Kier molecular flexibility index (Phi) is 5.21. The fraction of sp³-hybridized carbons (Fsp3) is 1.00. The lowest BCUT2D eigenvalue weighted by Crippen LogP contribution is -2.35. The van der Waals surface area contributed by atoms with Crippen LogP contribution in [0.5, 0.6) is 0 Å². The third-order valence-electron chi connectivity index (χ3n) is 2.90. The van der Waals surface area contributed by atoms with Gasteiger partial charge in [0.15, 0.2) is 9.84 Å². The molecule has 16 heavy (non-hydrogen) atoms. The summed E-state index contributed by atoms with van der Waals surface area (Å²) in [5.74, 6) is 0.245. The van der Waals surface area contributed by atoms with Crippen LogP contribution in [0.15, 0.2) is 0 Å². The van der Waals surface area contributed by atoms with E-state index in [9.17, 15) is 13.5 Å². The summed E-state index contributed by atoms with van der Waals surface area (Å²) < 4.78 is 23.4. The Labute approximate surface area is 98.4 Å². The van der Waals surface area contributed by atoms with E-state index in [1.54, 1.807) is 0 Å². The molecule has 1 aliphatic carbocycles. The second kappa shape index (κ2) is 5.98. The van der Waals surface area contributed by atoms with Gasteiger partial charge in [0.1, 0.15) is 0 Å². The van der Waals surface area contributed by atoms with Crippen LogP contribution in [0.25, 0.3) is 0 Å². The van der Waals surface area contributed by atoms with E-state index in [2.05, 4.69) is 5.32 Å². The van der Waals surface area contributed by atoms with Gasteiger partial charge in [-0.15, -0.1) is 0 Å². The van der Waals surface area contributed by atoms with Crippen LogP contribution in [0.2, 0.25) is 0 Å². The zero-order chi connectivity index (χ0) is 12.2. The molecule has 1 rings (SSSR count). The number of sulfone groups is 1. The number of rotatable bonds is 8. The highest BCUT2D eigenvalue weighted by atomic mass is 32.2. The molecule has 2 N–H and O–H groups in total. The van der Waals surface area contributed by atoms with Gasteiger partial charge >= 0.3 is 0 Å². The number of hydrogen-bond donors (Lipinski definition) is 2. The molecular formula is C11H23NO3S. The summed E-state index contributed by atoms with van der Waals surface area (Å²) in [5, 5.41) is 12.7. The Morgan fingerprint density at radius 1 is 1.38 bits per heavy atom. The van der Waals surface area contributed by atoms with Crippen molar-refractivity contribution >= 4 is 9.84 Å². The summed E-state index contributed by atoms with van der Waals surface area (Å²) in [5.41, 5.74) is 0. The summed E-state index contributed by atoms with van der Waals surface area (Å²) in [4.78, 5) is 0. The molecule has 0 radical (unpaired) electrons. The van der Waals surface area contributed by atoms with Gasteiger partial charge in [0.05, 0.1) is 17.6 Å². The average Bonchev–Trinajstić information content (AvgIpc) is 2.96. The highest BCUT2D eigenvalue weighted by molar-refractivity contribution is 7.91. The molecule has 0 heterocycles. The molecule has 0 bridgehead atoms. The molecule has 4 nitrogen and oxygen atoms in total. The number of aliphatic hydroxyl groups excluding tert-OH is 1. The van der Waals surface area contributed by atoms with Gasteiger partial charge in [-0.2, -0.15) is 0 Å². The maximum absolute atomic E-state index is 11.7. The van der Waals surface area contributed by atoms with Crippen molar-refractivity contribution in [1.29, 1.82) is 0 Å². The van der Waals surface area contributed by atoms with Crippen LogP contribution >= 0.6 is 0 Å². The van der Waals surface area contributed by atoms with Crippen molar-refractivity contribution in [3.05, 3.63) is 0 Å². The van der Waals surface area contributed by atoms with Gasteiger partial charge in [0, 0.05) is 12.6 Å². The third kappa shape index (κ3) is 5.82. The first-order valence-electron chi connectivity index (χ1n) is 6.05. The van der Waals surface area contributed by atoms with Gasteiger partial charge in [-0.3, -0.25) is 0 Å². The summed E-state index contributed by atoms with van der Waals surface area (Å²) in [6.07, 6.45) is 2.38. The Balaban J connectivity index is 2.26. The van der Waals surface area contributed by atoms with Crippen molar-refractivity contribution in [2.75, 3.05) is 18.1 Å². The van der Waals surface area contributed by atoms with Crippen LogP contribution in [0.4, 0.5) is 0 Å². The second-order valence-corrected chi connectivity index (χ2v) is 7.08. The Morgan fingerprint density at radius 3 is 2.50 bits per heavy atom. The Hall–Kier alpha value is -0.130. The SMILES string of the molecule is CCC(C)CS(=O)(=O)CC(O)CNC1CC1.